The quantitative estimate of drug-likeness (QED) is 0.189. The number of rotatable bonds is 4. The van der Waals surface area contributed by atoms with Gasteiger partial charge in [0, 0.05) is 0 Å². The van der Waals surface area contributed by atoms with E-state index in [0.717, 1.165) is 17.8 Å². The van der Waals surface area contributed by atoms with E-state index in [9.17, 15) is 0 Å². The molecule has 1 atom stereocenters. The van der Waals surface area contributed by atoms with Crippen molar-refractivity contribution >= 4 is 24.8 Å². The van der Waals surface area contributed by atoms with Crippen LogP contribution in [0.4, 0.5) is 0 Å². The monoisotopic (exact) mass is 796 g/mol. The maximum Gasteiger partial charge on any atom is -1.00 e. The molecule has 0 nitrogen and oxygen atoms in total. The zero-order chi connectivity index (χ0) is 35.1. The molecule has 4 fully saturated rings. The molecule has 0 spiro atoms. The minimum absolute atomic E-state index is 0. The molecular formula is C48H60Cl2Zr-2. The number of fused-ring (bicyclic) bond motifs is 3. The van der Waals surface area contributed by atoms with Gasteiger partial charge >= 0.3 is 76.7 Å². The van der Waals surface area contributed by atoms with Crippen LogP contribution in [0.3, 0.4) is 0 Å². The SMILES string of the molecule is CC(C)(C)c1ccc2[cH-]c3ccc(C(C)(C)C)cc3c2c1.CC1=[C-]C(C)C=C1CC12CC3CC(CC(C3)C1)C2.CC[C](=[Zr+2])c1ccccc1.[Cl-].[Cl-]. The Kier molecular flexibility index (Phi) is 13.9. The molecule has 9 rings (SSSR count). The van der Waals surface area contributed by atoms with Crippen molar-refractivity contribution < 1.29 is 49.0 Å². The van der Waals surface area contributed by atoms with Crippen molar-refractivity contribution in [2.75, 3.05) is 0 Å². The van der Waals surface area contributed by atoms with Gasteiger partial charge in [-0.1, -0.05) is 103 Å². The van der Waals surface area contributed by atoms with Crippen molar-refractivity contribution in [2.45, 2.75) is 125 Å². The summed E-state index contributed by atoms with van der Waals surface area (Å²) in [5.41, 5.74) is 8.41. The summed E-state index contributed by atoms with van der Waals surface area (Å²) < 4.78 is 1.55. The molecule has 0 aliphatic heterocycles. The molecule has 4 aromatic carbocycles. The maximum atomic E-state index is 3.57. The van der Waals surface area contributed by atoms with Gasteiger partial charge in [0.25, 0.3) is 0 Å². The minimum atomic E-state index is 0. The molecular weight excluding hydrogens is 739 g/mol. The summed E-state index contributed by atoms with van der Waals surface area (Å²) in [6.45, 7) is 20.4. The van der Waals surface area contributed by atoms with Gasteiger partial charge in [0.05, 0.1) is 0 Å². The molecule has 0 amide bonds. The first-order valence-electron chi connectivity index (χ1n) is 19.2. The van der Waals surface area contributed by atoms with Crippen molar-refractivity contribution in [3.05, 3.63) is 113 Å². The zero-order valence-electron chi connectivity index (χ0n) is 32.7. The summed E-state index contributed by atoms with van der Waals surface area (Å²) in [6.07, 6.45) is 17.9. The fourth-order valence-corrected chi connectivity index (χ4v) is 10.2. The van der Waals surface area contributed by atoms with Crippen molar-refractivity contribution in [2.24, 2.45) is 29.1 Å². The molecule has 4 bridgehead atoms. The molecule has 0 saturated heterocycles. The predicted molar refractivity (Wildman–Crippen MR) is 210 cm³/mol. The molecule has 0 heterocycles. The van der Waals surface area contributed by atoms with Crippen LogP contribution < -0.4 is 24.8 Å². The average Bonchev–Trinajstić information content (AvgIpc) is 3.56. The van der Waals surface area contributed by atoms with E-state index in [1.165, 1.54) is 80.9 Å². The number of halogens is 2. The Balaban J connectivity index is 0.000000178. The first kappa shape index (κ1) is 42.1. The van der Waals surface area contributed by atoms with Gasteiger partial charge in [0.2, 0.25) is 0 Å². The van der Waals surface area contributed by atoms with Crippen LogP contribution >= 0.6 is 0 Å². The van der Waals surface area contributed by atoms with Gasteiger partial charge in [-0.05, 0) is 72.5 Å². The van der Waals surface area contributed by atoms with Gasteiger partial charge < -0.3 is 24.8 Å². The average molecular weight is 799 g/mol. The van der Waals surface area contributed by atoms with E-state index in [0.29, 0.717) is 11.3 Å². The van der Waals surface area contributed by atoms with Gasteiger partial charge in [-0.15, -0.1) is 39.7 Å². The third kappa shape index (κ3) is 9.91. The molecule has 3 heteroatoms. The second-order valence-corrected chi connectivity index (χ2v) is 19.8. The number of hydrogen-bond acceptors (Lipinski definition) is 0. The van der Waals surface area contributed by atoms with Gasteiger partial charge in [-0.2, -0.15) is 11.6 Å². The zero-order valence-corrected chi connectivity index (χ0v) is 36.7. The van der Waals surface area contributed by atoms with Crippen LogP contribution in [0.1, 0.15) is 130 Å². The van der Waals surface area contributed by atoms with Crippen LogP contribution in [0.15, 0.2) is 90.0 Å². The predicted octanol–water partition coefficient (Wildman–Crippen LogP) is 7.40. The molecule has 0 N–H and O–H groups in total. The Bertz CT molecular complexity index is 1750. The van der Waals surface area contributed by atoms with Crippen molar-refractivity contribution in [1.82, 2.24) is 0 Å². The summed E-state index contributed by atoms with van der Waals surface area (Å²) in [6, 6.07) is 26.7. The van der Waals surface area contributed by atoms with E-state index in [-0.39, 0.29) is 35.6 Å². The van der Waals surface area contributed by atoms with E-state index in [2.05, 4.69) is 147 Å². The smallest absolute Gasteiger partial charge is 1.00 e. The first-order chi connectivity index (χ1) is 23.1. The summed E-state index contributed by atoms with van der Waals surface area (Å²) in [7, 11) is 0. The van der Waals surface area contributed by atoms with Gasteiger partial charge in [-0.25, -0.2) is 5.57 Å². The van der Waals surface area contributed by atoms with Gasteiger partial charge in [-0.3, -0.25) is 6.08 Å². The summed E-state index contributed by atoms with van der Waals surface area (Å²) >= 11 is 1.54. The topological polar surface area (TPSA) is 0 Å². The molecule has 4 aromatic rings. The fraction of sp³-hybridized carbons (Fsp3) is 0.500. The van der Waals surface area contributed by atoms with E-state index < -0.39 is 0 Å². The molecule has 0 radical (unpaired) electrons. The first-order valence-corrected chi connectivity index (χ1v) is 20.4. The molecule has 0 aromatic heterocycles. The second-order valence-electron chi connectivity index (χ2n) is 18.3. The Morgan fingerprint density at radius 3 is 1.63 bits per heavy atom. The van der Waals surface area contributed by atoms with Gasteiger partial charge in [0.15, 0.2) is 0 Å². The van der Waals surface area contributed by atoms with Crippen LogP contribution in [-0.4, -0.2) is 3.21 Å². The van der Waals surface area contributed by atoms with Crippen LogP contribution in [0.25, 0.3) is 21.5 Å². The Morgan fingerprint density at radius 1 is 0.765 bits per heavy atom. The molecule has 1 unspecified atom stereocenters. The molecule has 272 valence electrons. The van der Waals surface area contributed by atoms with Gasteiger partial charge in [0.1, 0.15) is 0 Å². The number of allylic oxidation sites excluding steroid dienone is 4. The molecule has 5 aliphatic carbocycles. The van der Waals surface area contributed by atoms with Crippen molar-refractivity contribution in [3.63, 3.8) is 0 Å². The Labute approximate surface area is 337 Å². The third-order valence-electron chi connectivity index (χ3n) is 12.0. The Hall–Kier alpha value is -1.66. The van der Waals surface area contributed by atoms with Crippen LogP contribution in [-0.2, 0) is 35.1 Å². The van der Waals surface area contributed by atoms with E-state index in [1.54, 1.807) is 47.3 Å². The third-order valence-corrected chi connectivity index (χ3v) is 13.6. The van der Waals surface area contributed by atoms with E-state index in [4.69, 9.17) is 0 Å². The van der Waals surface area contributed by atoms with E-state index in [1.807, 2.05) is 0 Å². The number of hydrogen-bond donors (Lipinski definition) is 0. The Morgan fingerprint density at radius 2 is 1.24 bits per heavy atom. The van der Waals surface area contributed by atoms with Crippen LogP contribution in [0.5, 0.6) is 0 Å². The van der Waals surface area contributed by atoms with Crippen molar-refractivity contribution in [1.29, 1.82) is 0 Å². The van der Waals surface area contributed by atoms with Crippen LogP contribution in [0, 0.1) is 35.2 Å². The second kappa shape index (κ2) is 16.8. The van der Waals surface area contributed by atoms with E-state index >= 15 is 0 Å². The van der Waals surface area contributed by atoms with Crippen molar-refractivity contribution in [3.8, 4) is 0 Å². The molecule has 4 saturated carbocycles. The van der Waals surface area contributed by atoms with Crippen LogP contribution in [0.2, 0.25) is 0 Å². The summed E-state index contributed by atoms with van der Waals surface area (Å²) in [5, 5.41) is 5.49. The number of benzene rings is 3. The maximum absolute atomic E-state index is 3.57. The minimum Gasteiger partial charge on any atom is -1.00 e. The molecule has 5 aliphatic rings. The summed E-state index contributed by atoms with van der Waals surface area (Å²) in [4.78, 5) is 0. The standard InChI is InChI=1S/C21H25.C18H25.C9H10.2ClH.Zr/c1-20(2,3)16-9-7-14-11-15-8-10-17(21(4,5)6)13-19(15)18(14)12-16;1-12-3-13(2)17(4-12)11-18-8-14-5-15(9-18)7-16(6-14)10-18;1-2-6-9-7-4-3-5-8-9;;;/h7-13H,1-6H3;4,12,14-16H,5-11H2,1-2H3;3-5,7-8H,2H2,1H3;2*1H;/q2*-1;;;;+2/p-2. The normalized spacial score (nSPS) is 24.8. The summed E-state index contributed by atoms with van der Waals surface area (Å²) in [5.74, 6) is 3.82. The molecule has 51 heavy (non-hydrogen) atoms. The fourth-order valence-electron chi connectivity index (χ4n) is 9.78. The largest absolute Gasteiger partial charge is 1.00 e.